The first kappa shape index (κ1) is 12.7. The minimum absolute atomic E-state index is 0. The third-order valence-corrected chi connectivity index (χ3v) is 1.64. The van der Waals surface area contributed by atoms with E-state index in [0.29, 0.717) is 12.5 Å². The van der Waals surface area contributed by atoms with Gasteiger partial charge in [-0.2, -0.15) is 6.07 Å². The summed E-state index contributed by atoms with van der Waals surface area (Å²) >= 11 is 0. The van der Waals surface area contributed by atoms with Crippen LogP contribution < -0.4 is 0 Å². The van der Waals surface area contributed by atoms with Gasteiger partial charge in [0.2, 0.25) is 6.54 Å². The maximum atomic E-state index is 6.65. The maximum absolute atomic E-state index is 6.65. The van der Waals surface area contributed by atoms with Crippen molar-refractivity contribution in [3.63, 3.8) is 0 Å². The molecule has 0 aliphatic rings. The van der Waals surface area contributed by atoms with Crippen molar-refractivity contribution in [3.05, 3.63) is 41.0 Å². The van der Waals surface area contributed by atoms with Gasteiger partial charge in [-0.05, 0) is 5.92 Å². The number of nitrogens with zero attached hydrogens (tertiary/aromatic N) is 2. The van der Waals surface area contributed by atoms with Crippen molar-refractivity contribution in [2.24, 2.45) is 0 Å². The van der Waals surface area contributed by atoms with Gasteiger partial charge in [0.25, 0.3) is 0 Å². The molecule has 0 amide bonds. The first-order valence-electron chi connectivity index (χ1n) is 3.93. The van der Waals surface area contributed by atoms with Gasteiger partial charge < -0.3 is 9.83 Å². The normalized spacial score (nSPS) is 9.08. The zero-order valence-corrected chi connectivity index (χ0v) is 10.7. The topological polar surface area (TPSA) is 17.2 Å². The Morgan fingerprint density at radius 3 is 2.69 bits per heavy atom. The predicted octanol–water partition coefficient (Wildman–Crippen LogP) is 2.42. The van der Waals surface area contributed by atoms with E-state index >= 15 is 0 Å². The largest absolute Gasteiger partial charge is 0.380 e. The summed E-state index contributed by atoms with van der Waals surface area (Å²) in [6.07, 6.45) is 1.80. The molecular weight excluding hydrogens is 237 g/mol. The van der Waals surface area contributed by atoms with Crippen LogP contribution in [0.3, 0.4) is 0 Å². The Morgan fingerprint density at radius 2 is 2.31 bits per heavy atom. The van der Waals surface area contributed by atoms with Gasteiger partial charge >= 0.3 is 0 Å². The van der Waals surface area contributed by atoms with Gasteiger partial charge in [0.15, 0.2) is 0 Å². The molecule has 0 bridgehead atoms. The Kier molecular flexibility index (Phi) is 6.11. The molecule has 1 aromatic rings. The summed E-state index contributed by atoms with van der Waals surface area (Å²) in [5.74, 6) is 0.458. The monoisotopic (exact) mass is 248 g/mol. The van der Waals surface area contributed by atoms with Gasteiger partial charge in [-0.3, -0.25) is 0 Å². The molecule has 1 radical (unpaired) electrons. The van der Waals surface area contributed by atoms with E-state index in [0.717, 1.165) is 11.3 Å². The number of hydrogen-bond donors (Lipinski definition) is 0. The molecule has 0 saturated heterocycles. The van der Waals surface area contributed by atoms with Crippen LogP contribution in [-0.2, 0) is 39.3 Å². The van der Waals surface area contributed by atoms with Crippen molar-refractivity contribution < 1.29 is 32.7 Å². The Labute approximate surface area is 104 Å². The smallest absolute Gasteiger partial charge is 0.215 e. The van der Waals surface area contributed by atoms with Crippen molar-refractivity contribution in [2.75, 3.05) is 0 Å². The van der Waals surface area contributed by atoms with E-state index in [2.05, 4.69) is 29.7 Å². The van der Waals surface area contributed by atoms with E-state index in [-0.39, 0.29) is 32.7 Å². The fraction of sp³-hybridized carbons (Fsp3) is 0.400. The molecule has 0 aliphatic heterocycles. The van der Waals surface area contributed by atoms with Crippen LogP contribution in [0.5, 0.6) is 0 Å². The summed E-state index contributed by atoms with van der Waals surface area (Å²) in [6, 6.07) is 4.91. The number of aromatic nitrogens is 1. The minimum Gasteiger partial charge on any atom is -0.380 e. The molecule has 0 N–H and O–H groups in total. The summed E-state index contributed by atoms with van der Waals surface area (Å²) in [6.45, 7) is 11.2. The van der Waals surface area contributed by atoms with E-state index in [1.807, 2.05) is 0 Å². The summed E-state index contributed by atoms with van der Waals surface area (Å²) in [5.41, 5.74) is 1.90. The van der Waals surface area contributed by atoms with Crippen LogP contribution in [0.25, 0.3) is 4.85 Å². The van der Waals surface area contributed by atoms with Crippen LogP contribution in [-0.4, -0.2) is 4.98 Å². The van der Waals surface area contributed by atoms with Gasteiger partial charge in [-0.15, -0.1) is 11.6 Å². The van der Waals surface area contributed by atoms with E-state index < -0.39 is 0 Å². The van der Waals surface area contributed by atoms with Gasteiger partial charge in [-0.1, -0.05) is 20.0 Å². The molecule has 1 aromatic heterocycles. The van der Waals surface area contributed by atoms with Gasteiger partial charge in [0, 0.05) is 38.4 Å². The maximum Gasteiger partial charge on any atom is 0.215 e. The molecule has 0 atom stereocenters. The molecular formula is C10H11N2Y-. The fourth-order valence-corrected chi connectivity index (χ4v) is 0.877. The van der Waals surface area contributed by atoms with Crippen LogP contribution in [0.1, 0.15) is 31.0 Å². The zero-order chi connectivity index (χ0) is 8.97. The minimum atomic E-state index is 0. The second-order valence-electron chi connectivity index (χ2n) is 2.96. The second-order valence-corrected chi connectivity index (χ2v) is 2.96. The Hall–Kier alpha value is -0.256. The molecule has 0 spiro atoms. The Morgan fingerprint density at radius 1 is 1.62 bits per heavy atom. The fourth-order valence-electron chi connectivity index (χ4n) is 0.877. The van der Waals surface area contributed by atoms with Gasteiger partial charge in [-0.25, -0.2) is 6.57 Å². The second kappa shape index (κ2) is 6.24. The zero-order valence-electron chi connectivity index (χ0n) is 7.91. The number of rotatable bonds is 2. The third-order valence-electron chi connectivity index (χ3n) is 1.64. The first-order valence-corrected chi connectivity index (χ1v) is 3.93. The molecule has 0 saturated carbocycles. The van der Waals surface area contributed by atoms with Gasteiger partial charge in [0.05, 0.1) is 0 Å². The van der Waals surface area contributed by atoms with Crippen molar-refractivity contribution in [2.45, 2.75) is 26.3 Å². The third kappa shape index (κ3) is 3.98. The van der Waals surface area contributed by atoms with Crippen molar-refractivity contribution >= 4 is 0 Å². The summed E-state index contributed by atoms with van der Waals surface area (Å²) < 4.78 is 0. The van der Waals surface area contributed by atoms with E-state index in [1.54, 1.807) is 12.3 Å². The quantitative estimate of drug-likeness (QED) is 0.734. The molecule has 0 aliphatic carbocycles. The molecule has 1 heterocycles. The van der Waals surface area contributed by atoms with Crippen LogP contribution in [0.15, 0.2) is 12.3 Å². The Bertz CT molecular complexity index is 285. The van der Waals surface area contributed by atoms with E-state index in [9.17, 15) is 0 Å². The van der Waals surface area contributed by atoms with Crippen LogP contribution in [0.2, 0.25) is 0 Å². The standard InChI is InChI=1S/C10H11N2.Y/c1-8(2)9-4-5-10(7-11-3)12-6-9;/h5-6,8H,7H2,1-2H3;/q-1;. The Balaban J connectivity index is 0.00000144. The number of pyridine rings is 1. The molecule has 13 heavy (non-hydrogen) atoms. The molecule has 65 valence electrons. The average molecular weight is 248 g/mol. The molecule has 2 nitrogen and oxygen atoms in total. The molecule has 0 unspecified atom stereocenters. The van der Waals surface area contributed by atoms with Crippen LogP contribution in [0.4, 0.5) is 0 Å². The van der Waals surface area contributed by atoms with Crippen LogP contribution >= 0.6 is 0 Å². The van der Waals surface area contributed by atoms with Crippen LogP contribution in [0, 0.1) is 12.6 Å². The molecule has 0 fully saturated rings. The molecule has 0 aromatic carbocycles. The van der Waals surface area contributed by atoms with E-state index in [1.165, 1.54) is 0 Å². The van der Waals surface area contributed by atoms with Gasteiger partial charge in [0.1, 0.15) is 0 Å². The summed E-state index contributed by atoms with van der Waals surface area (Å²) in [4.78, 5) is 7.39. The molecule has 1 rings (SSSR count). The molecule has 3 heteroatoms. The number of hydrogen-bond acceptors (Lipinski definition) is 1. The average Bonchev–Trinajstić information content (AvgIpc) is 2.06. The van der Waals surface area contributed by atoms with E-state index in [4.69, 9.17) is 6.57 Å². The predicted molar refractivity (Wildman–Crippen MR) is 47.5 cm³/mol. The van der Waals surface area contributed by atoms with Crippen molar-refractivity contribution in [1.82, 2.24) is 4.98 Å². The SMILES string of the molecule is [C-]#[N+]Cc1c[c-]c(C(C)C)cn1.[Y]. The summed E-state index contributed by atoms with van der Waals surface area (Å²) in [7, 11) is 0. The summed E-state index contributed by atoms with van der Waals surface area (Å²) in [5, 5.41) is 0. The first-order chi connectivity index (χ1) is 5.74. The van der Waals surface area contributed by atoms with Crippen molar-refractivity contribution in [3.8, 4) is 0 Å². The van der Waals surface area contributed by atoms with Crippen molar-refractivity contribution in [1.29, 1.82) is 0 Å².